The van der Waals surface area contributed by atoms with E-state index in [0.717, 1.165) is 60.1 Å². The molecule has 1 amide bonds. The molecule has 0 aromatic heterocycles. The molecule has 5 rings (SSSR count). The highest BCUT2D eigenvalue weighted by Gasteiger charge is 2.27. The van der Waals surface area contributed by atoms with Crippen molar-refractivity contribution >= 4 is 50.7 Å². The number of carbonyl (C=O) groups excluding carboxylic acids is 1. The van der Waals surface area contributed by atoms with Gasteiger partial charge in [0.15, 0.2) is 0 Å². The number of fused-ring (bicyclic) bond motifs is 1. The molecule has 2 atom stereocenters. The monoisotopic (exact) mass is 661 g/mol. The van der Waals surface area contributed by atoms with Crippen molar-refractivity contribution in [1.82, 2.24) is 9.80 Å². The summed E-state index contributed by atoms with van der Waals surface area (Å²) in [6, 6.07) is 25.3. The molecule has 0 N–H and O–H groups in total. The highest BCUT2D eigenvalue weighted by Crippen LogP contribution is 2.35. The van der Waals surface area contributed by atoms with Crippen LogP contribution in [0.15, 0.2) is 77.7 Å². The van der Waals surface area contributed by atoms with Crippen LogP contribution in [0.25, 0.3) is 10.8 Å². The molecule has 4 aromatic carbocycles. The van der Waals surface area contributed by atoms with Gasteiger partial charge in [-0.05, 0) is 91.0 Å². The van der Waals surface area contributed by atoms with Gasteiger partial charge in [-0.25, -0.2) is 0 Å². The van der Waals surface area contributed by atoms with Gasteiger partial charge in [0.1, 0.15) is 11.8 Å². The summed E-state index contributed by atoms with van der Waals surface area (Å²) in [6.07, 6.45) is 4.57. The highest BCUT2D eigenvalue weighted by atomic mass is 35.5. The first-order valence-corrected chi connectivity index (χ1v) is 17.4. The Morgan fingerprint density at radius 2 is 1.78 bits per heavy atom. The molecule has 45 heavy (non-hydrogen) atoms. The van der Waals surface area contributed by atoms with Crippen molar-refractivity contribution in [1.29, 1.82) is 5.26 Å². The van der Waals surface area contributed by atoms with Crippen molar-refractivity contribution in [3.05, 3.63) is 105 Å². The second kappa shape index (κ2) is 14.8. The lowest BCUT2D eigenvalue weighted by atomic mass is 9.88. The number of amides is 1. The third kappa shape index (κ3) is 7.37. The Kier molecular flexibility index (Phi) is 10.8. The summed E-state index contributed by atoms with van der Waals surface area (Å²) in [5, 5.41) is 12.3. The fourth-order valence-corrected chi connectivity index (χ4v) is 7.60. The van der Waals surface area contributed by atoms with Crippen molar-refractivity contribution in [2.45, 2.75) is 36.0 Å². The van der Waals surface area contributed by atoms with E-state index in [1.807, 2.05) is 60.7 Å². The molecular formula is C36H37Cl2N3O3S. The Balaban J connectivity index is 1.35. The average molecular weight is 663 g/mol. The lowest BCUT2D eigenvalue weighted by Crippen LogP contribution is -2.36. The number of hydrogen-bond acceptors (Lipinski definition) is 5. The molecule has 1 aliphatic heterocycles. The van der Waals surface area contributed by atoms with Crippen LogP contribution in [-0.2, 0) is 10.8 Å². The van der Waals surface area contributed by atoms with Crippen molar-refractivity contribution in [2.75, 3.05) is 46.6 Å². The first kappa shape index (κ1) is 33.0. The predicted octanol–water partition coefficient (Wildman–Crippen LogP) is 7.89. The quantitative estimate of drug-likeness (QED) is 0.173. The minimum atomic E-state index is -1.01. The van der Waals surface area contributed by atoms with Crippen LogP contribution < -0.4 is 4.74 Å². The number of carbonyl (C=O) groups is 1. The molecule has 1 saturated heterocycles. The van der Waals surface area contributed by atoms with Crippen LogP contribution >= 0.6 is 23.2 Å². The molecule has 234 valence electrons. The number of benzene rings is 4. The van der Waals surface area contributed by atoms with Crippen molar-refractivity contribution in [3.63, 3.8) is 0 Å². The van der Waals surface area contributed by atoms with Gasteiger partial charge in [0, 0.05) is 30.7 Å². The second-order valence-corrected chi connectivity index (χ2v) is 13.8. The van der Waals surface area contributed by atoms with E-state index in [1.165, 1.54) is 12.7 Å². The number of hydrogen-bond donors (Lipinski definition) is 0. The van der Waals surface area contributed by atoms with Gasteiger partial charge in [-0.3, -0.25) is 9.00 Å². The summed E-state index contributed by atoms with van der Waals surface area (Å²) in [5.41, 5.74) is 2.93. The number of ether oxygens (including phenoxy) is 1. The molecule has 1 unspecified atom stereocenters. The Morgan fingerprint density at radius 1 is 1.07 bits per heavy atom. The fraction of sp³-hybridized carbons (Fsp3) is 0.333. The molecule has 0 saturated carbocycles. The zero-order valence-corrected chi connectivity index (χ0v) is 28.1. The number of nitrogens with zero attached hydrogens (tertiary/aromatic N) is 3. The van der Waals surface area contributed by atoms with Crippen molar-refractivity contribution in [2.24, 2.45) is 0 Å². The Morgan fingerprint density at radius 3 is 2.47 bits per heavy atom. The zero-order valence-electron chi connectivity index (χ0n) is 25.8. The van der Waals surface area contributed by atoms with Crippen LogP contribution in [0.2, 0.25) is 10.0 Å². The first-order valence-electron chi connectivity index (χ1n) is 15.1. The molecule has 4 aromatic rings. The van der Waals surface area contributed by atoms with E-state index in [4.69, 9.17) is 27.9 Å². The van der Waals surface area contributed by atoms with E-state index in [2.05, 4.69) is 17.0 Å². The van der Waals surface area contributed by atoms with Gasteiger partial charge in [-0.2, -0.15) is 5.26 Å². The molecule has 1 aliphatic rings. The fourth-order valence-electron chi connectivity index (χ4n) is 6.46. The lowest BCUT2D eigenvalue weighted by Gasteiger charge is -2.34. The molecular weight excluding hydrogens is 625 g/mol. The molecule has 1 heterocycles. The Bertz CT molecular complexity index is 1760. The molecule has 0 spiro atoms. The Hall–Kier alpha value is -3.41. The number of likely N-dealkylation sites (N-methyl/N-ethyl adjacent to an activating group) is 1. The first-order chi connectivity index (χ1) is 21.7. The SMILES string of the molecule is COc1c(C#N)cc2ccccc2c1C(=O)N(C)CC(CCN1CCC(c2ccccc2[S@](C)=O)CC1)c1ccc(Cl)c(Cl)c1. The smallest absolute Gasteiger partial charge is 0.258 e. The van der Waals surface area contributed by atoms with Crippen LogP contribution in [0.3, 0.4) is 0 Å². The molecule has 0 aliphatic carbocycles. The van der Waals surface area contributed by atoms with Crippen molar-refractivity contribution < 1.29 is 13.7 Å². The van der Waals surface area contributed by atoms with Crippen molar-refractivity contribution in [3.8, 4) is 11.8 Å². The average Bonchev–Trinajstić information content (AvgIpc) is 3.06. The minimum absolute atomic E-state index is 0.00825. The number of rotatable bonds is 10. The van der Waals surface area contributed by atoms with Gasteiger partial charge in [-0.15, -0.1) is 0 Å². The van der Waals surface area contributed by atoms with Gasteiger partial charge < -0.3 is 14.5 Å². The van der Waals surface area contributed by atoms with E-state index in [9.17, 15) is 14.3 Å². The highest BCUT2D eigenvalue weighted by molar-refractivity contribution is 7.84. The summed E-state index contributed by atoms with van der Waals surface area (Å²) < 4.78 is 18.0. The van der Waals surface area contributed by atoms with E-state index in [-0.39, 0.29) is 17.6 Å². The summed E-state index contributed by atoms with van der Waals surface area (Å²) in [7, 11) is 2.27. The van der Waals surface area contributed by atoms with E-state index >= 15 is 0 Å². The van der Waals surface area contributed by atoms with E-state index in [0.29, 0.717) is 33.6 Å². The minimum Gasteiger partial charge on any atom is -0.495 e. The number of piperidine rings is 1. The lowest BCUT2D eigenvalue weighted by molar-refractivity contribution is 0.0780. The van der Waals surface area contributed by atoms with Crippen LogP contribution in [0.1, 0.15) is 58.1 Å². The maximum Gasteiger partial charge on any atom is 0.258 e. The van der Waals surface area contributed by atoms with Crippen LogP contribution in [-0.4, -0.2) is 66.5 Å². The second-order valence-electron chi connectivity index (χ2n) is 11.6. The summed E-state index contributed by atoms with van der Waals surface area (Å²) in [5.74, 6) is 0.463. The largest absolute Gasteiger partial charge is 0.495 e. The van der Waals surface area contributed by atoms with Gasteiger partial charge in [0.25, 0.3) is 5.91 Å². The number of nitriles is 1. The Labute approximate surface area is 277 Å². The standard InChI is InChI=1S/C36H37Cl2N3O3S/c1-40(36(42)34-30-10-5-4-8-26(30)20-28(22-39)35(34)44-2)23-27(25-12-13-31(37)32(38)21-25)16-19-41-17-14-24(15-18-41)29-9-6-7-11-33(29)45(3)43/h4-13,20-21,24,27H,14-19,23H2,1-3H3/t27?,45-/m0/s1. The molecule has 6 nitrogen and oxygen atoms in total. The number of likely N-dealkylation sites (tertiary alicyclic amines) is 1. The molecule has 9 heteroatoms. The van der Waals surface area contributed by atoms with Gasteiger partial charge in [0.05, 0.1) is 39.1 Å². The molecule has 0 radical (unpaired) electrons. The van der Waals surface area contributed by atoms with Gasteiger partial charge >= 0.3 is 0 Å². The molecule has 1 fully saturated rings. The van der Waals surface area contributed by atoms with E-state index in [1.54, 1.807) is 24.3 Å². The van der Waals surface area contributed by atoms with Crippen LogP contribution in [0, 0.1) is 11.3 Å². The third-order valence-corrected chi connectivity index (χ3v) is 10.6. The van der Waals surface area contributed by atoms with Gasteiger partial charge in [0.2, 0.25) is 0 Å². The maximum atomic E-state index is 14.1. The summed E-state index contributed by atoms with van der Waals surface area (Å²) in [4.78, 5) is 19.2. The van der Waals surface area contributed by atoms with Crippen LogP contribution in [0.4, 0.5) is 0 Å². The number of methoxy groups -OCH3 is 1. The van der Waals surface area contributed by atoms with Gasteiger partial charge in [-0.1, -0.05) is 71.7 Å². The summed E-state index contributed by atoms with van der Waals surface area (Å²) in [6.45, 7) is 3.19. The predicted molar refractivity (Wildman–Crippen MR) is 183 cm³/mol. The maximum absolute atomic E-state index is 14.1. The van der Waals surface area contributed by atoms with E-state index < -0.39 is 10.8 Å². The van der Waals surface area contributed by atoms with Crippen LogP contribution in [0.5, 0.6) is 5.75 Å². The zero-order chi connectivity index (χ0) is 32.1. The topological polar surface area (TPSA) is 73.6 Å². The number of halogens is 2. The normalized spacial score (nSPS) is 15.4. The third-order valence-electron chi connectivity index (χ3n) is 8.85. The molecule has 0 bridgehead atoms. The summed E-state index contributed by atoms with van der Waals surface area (Å²) >= 11 is 12.7.